The molecule has 48 heavy (non-hydrogen) atoms. The first-order valence-electron chi connectivity index (χ1n) is 15.2. The van der Waals surface area contributed by atoms with E-state index in [1.165, 1.54) is 101 Å². The Hall–Kier alpha value is -3.00. The van der Waals surface area contributed by atoms with Crippen LogP contribution in [-0.4, -0.2) is 6.88 Å². The second-order valence-electron chi connectivity index (χ2n) is 11.9. The first-order valence-corrected chi connectivity index (χ1v) is 19.4. The van der Waals surface area contributed by atoms with Gasteiger partial charge in [-0.05, 0) is 36.5 Å². The number of fused-ring (bicyclic) bond motifs is 2. The summed E-state index contributed by atoms with van der Waals surface area (Å²) in [5.74, 6) is 0.578. The Bertz CT molecular complexity index is 1980. The van der Waals surface area contributed by atoms with Gasteiger partial charge in [0.25, 0.3) is 0 Å². The predicted octanol–water partition coefficient (Wildman–Crippen LogP) is 13.5. The summed E-state index contributed by atoms with van der Waals surface area (Å²) in [6.07, 6.45) is 0. The zero-order valence-electron chi connectivity index (χ0n) is 29.1. The molecule has 0 heterocycles. The quantitative estimate of drug-likeness (QED) is 0.124. The molecule has 0 spiro atoms. The standard InChI is InChI=1S/C22H17.C20H21.2CH3.2ClH.Si.Zr/c1-16-12-20-14-19(17-8-4-2-5-9-17)15-22(21(20)13-16)18-10-6-3-7-11-18;1-13(2)17-11-16-6-5-7-19(20(16)12-17)18-9-14(3)8-15(4)10-18;;;;;;/h2-15H,1H3;5-13H,1-4H3;2*1H3;2*1H;;/q4*-1;;;;. The predicted molar refractivity (Wildman–Crippen MR) is 217 cm³/mol. The molecule has 0 N–H and O–H groups in total. The monoisotopic (exact) mass is 762 g/mol. The average molecular weight is 765 g/mol. The minimum absolute atomic E-state index is 0. The van der Waals surface area contributed by atoms with Crippen LogP contribution in [0.25, 0.3) is 54.9 Å². The van der Waals surface area contributed by atoms with Gasteiger partial charge in [-0.25, -0.2) is 0 Å². The third-order valence-electron chi connectivity index (χ3n) is 8.13. The van der Waals surface area contributed by atoms with E-state index in [9.17, 15) is 0 Å². The van der Waals surface area contributed by atoms with Crippen LogP contribution in [0.1, 0.15) is 42.0 Å². The Morgan fingerprint density at radius 1 is 0.500 bits per heavy atom. The fourth-order valence-corrected chi connectivity index (χ4v) is 6.10. The molecular weight excluding hydrogens is 719 g/mol. The fourth-order valence-electron chi connectivity index (χ4n) is 6.10. The molecule has 0 saturated heterocycles. The molecule has 0 saturated carbocycles. The van der Waals surface area contributed by atoms with Crippen molar-refractivity contribution in [2.75, 3.05) is 0 Å². The summed E-state index contributed by atoms with van der Waals surface area (Å²) in [6, 6.07) is 48.5. The Morgan fingerprint density at radius 2 is 1.06 bits per heavy atom. The number of hydrogen-bond acceptors (Lipinski definition) is 0. The topological polar surface area (TPSA) is 0 Å². The van der Waals surface area contributed by atoms with Crippen molar-refractivity contribution in [1.82, 2.24) is 0 Å². The number of rotatable bonds is 4. The number of hydrogen-bond donors (Lipinski definition) is 0. The van der Waals surface area contributed by atoms with Gasteiger partial charge in [0.15, 0.2) is 0 Å². The van der Waals surface area contributed by atoms with E-state index < -0.39 is 0 Å². The molecule has 0 aliphatic carbocycles. The van der Waals surface area contributed by atoms with Gasteiger partial charge in [0.1, 0.15) is 0 Å². The van der Waals surface area contributed by atoms with Crippen molar-refractivity contribution in [3.63, 3.8) is 0 Å². The summed E-state index contributed by atoms with van der Waals surface area (Å²) >= 11 is 1.36. The van der Waals surface area contributed by atoms with E-state index >= 15 is 0 Å². The summed E-state index contributed by atoms with van der Waals surface area (Å²) < 4.78 is 0. The Kier molecular flexibility index (Phi) is 17.8. The van der Waals surface area contributed by atoms with Crippen LogP contribution in [0.2, 0.25) is 0 Å². The molecule has 0 amide bonds. The van der Waals surface area contributed by atoms with Crippen molar-refractivity contribution in [3.05, 3.63) is 171 Å². The van der Waals surface area contributed by atoms with Crippen LogP contribution in [-0.2, 0) is 23.3 Å². The molecule has 7 aromatic rings. The molecular formula is C44H46Cl2SiZr-4. The van der Waals surface area contributed by atoms with E-state index in [4.69, 9.17) is 0 Å². The molecule has 0 aliphatic rings. The zero-order chi connectivity index (χ0) is 31.2. The minimum atomic E-state index is 0. The van der Waals surface area contributed by atoms with Crippen molar-refractivity contribution in [1.29, 1.82) is 0 Å². The first kappa shape index (κ1) is 43.0. The molecule has 0 unspecified atom stereocenters. The number of benzene rings is 5. The van der Waals surface area contributed by atoms with Gasteiger partial charge >= 0.3 is 30.2 Å². The molecule has 7 aromatic carbocycles. The SMILES string of the molecule is Cc1cc(C)cc(-c2cccc3[cH-]c(C(C)C)cc23)c1.Cc1cc2c(-c3ccccc3)cc(-c3ccccc3)cc2[cH-]1.Cl.Cl.[CH3-].[CH3-].[Si]=[Zr]. The van der Waals surface area contributed by atoms with E-state index in [-0.39, 0.29) is 39.7 Å². The fraction of sp³-hybridized carbons (Fsp3) is 0.136. The zero-order valence-corrected chi connectivity index (χ0v) is 34.2. The Morgan fingerprint density at radius 3 is 1.65 bits per heavy atom. The summed E-state index contributed by atoms with van der Waals surface area (Å²) in [5.41, 5.74) is 13.2. The Labute approximate surface area is 318 Å². The molecule has 0 atom stereocenters. The van der Waals surface area contributed by atoms with E-state index in [0.29, 0.717) is 5.92 Å². The van der Waals surface area contributed by atoms with Gasteiger partial charge in [-0.3, -0.25) is 0 Å². The normalized spacial score (nSPS) is 9.85. The molecule has 7 rings (SSSR count). The molecule has 0 fully saturated rings. The molecule has 0 aromatic heterocycles. The molecule has 0 nitrogen and oxygen atoms in total. The van der Waals surface area contributed by atoms with E-state index in [2.05, 4.69) is 175 Å². The average Bonchev–Trinajstić information content (AvgIpc) is 3.65. The van der Waals surface area contributed by atoms with E-state index in [1.807, 2.05) is 0 Å². The van der Waals surface area contributed by atoms with Gasteiger partial charge in [0.2, 0.25) is 0 Å². The van der Waals surface area contributed by atoms with Crippen LogP contribution in [0.4, 0.5) is 0 Å². The molecule has 2 radical (unpaired) electrons. The third kappa shape index (κ3) is 10.0. The molecule has 0 bridgehead atoms. The first-order chi connectivity index (χ1) is 21.4. The second-order valence-corrected chi connectivity index (χ2v) is 11.9. The maximum atomic E-state index is 3.06. The van der Waals surface area contributed by atoms with Gasteiger partial charge in [0.05, 0.1) is 0 Å². The second kappa shape index (κ2) is 19.9. The van der Waals surface area contributed by atoms with Crippen molar-refractivity contribution in [2.24, 2.45) is 0 Å². The van der Waals surface area contributed by atoms with Crippen molar-refractivity contribution >= 4 is 53.2 Å². The van der Waals surface area contributed by atoms with Crippen molar-refractivity contribution in [2.45, 2.75) is 40.5 Å². The van der Waals surface area contributed by atoms with Crippen LogP contribution >= 0.6 is 24.8 Å². The van der Waals surface area contributed by atoms with Crippen molar-refractivity contribution < 1.29 is 23.3 Å². The van der Waals surface area contributed by atoms with Gasteiger partial charge < -0.3 is 14.9 Å². The summed E-state index contributed by atoms with van der Waals surface area (Å²) in [6.45, 7) is 14.1. The van der Waals surface area contributed by atoms with Crippen LogP contribution in [0.3, 0.4) is 0 Å². The van der Waals surface area contributed by atoms with Crippen LogP contribution in [0, 0.1) is 35.6 Å². The molecule has 248 valence electrons. The maximum absolute atomic E-state index is 3.06. The van der Waals surface area contributed by atoms with E-state index in [0.717, 1.165) is 0 Å². The van der Waals surface area contributed by atoms with E-state index in [1.54, 1.807) is 0 Å². The summed E-state index contributed by atoms with van der Waals surface area (Å²) in [7, 11) is 0. The van der Waals surface area contributed by atoms with Gasteiger partial charge in [0, 0.05) is 0 Å². The molecule has 0 aliphatic heterocycles. The van der Waals surface area contributed by atoms with Crippen LogP contribution in [0.5, 0.6) is 0 Å². The third-order valence-corrected chi connectivity index (χ3v) is 8.13. The Balaban J connectivity index is 0.000000425. The van der Waals surface area contributed by atoms with Crippen molar-refractivity contribution in [3.8, 4) is 33.4 Å². The number of halogens is 2. The summed E-state index contributed by atoms with van der Waals surface area (Å²) in [4.78, 5) is 0. The van der Waals surface area contributed by atoms with Gasteiger partial charge in [-0.15, -0.1) is 87.8 Å². The number of aryl methyl sites for hydroxylation is 3. The van der Waals surface area contributed by atoms with Crippen LogP contribution in [0.15, 0.2) is 133 Å². The summed E-state index contributed by atoms with van der Waals surface area (Å²) in [5, 5.41) is 5.38. The van der Waals surface area contributed by atoms with Crippen LogP contribution < -0.4 is 0 Å². The molecule has 4 heteroatoms. The van der Waals surface area contributed by atoms with Gasteiger partial charge in [-0.2, -0.15) is 12.1 Å². The van der Waals surface area contributed by atoms with Gasteiger partial charge in [-0.1, -0.05) is 140 Å².